The molecule has 26 heavy (non-hydrogen) atoms. The van der Waals surface area contributed by atoms with Gasteiger partial charge in [0.1, 0.15) is 0 Å². The molecule has 3 aliphatic rings. The van der Waals surface area contributed by atoms with E-state index in [0.29, 0.717) is 12.2 Å². The first-order chi connectivity index (χ1) is 12.7. The second kappa shape index (κ2) is 7.86. The second-order valence-corrected chi connectivity index (χ2v) is 8.84. The van der Waals surface area contributed by atoms with E-state index in [1.165, 1.54) is 51.4 Å². The van der Waals surface area contributed by atoms with Gasteiger partial charge in [0, 0.05) is 0 Å². The maximum Gasteiger partial charge on any atom is 0.200 e. The van der Waals surface area contributed by atoms with E-state index in [0.717, 1.165) is 36.5 Å². The van der Waals surface area contributed by atoms with Crippen molar-refractivity contribution in [1.29, 1.82) is 0 Å². The molecule has 0 saturated heterocycles. The Balaban J connectivity index is 1.33. The van der Waals surface area contributed by atoms with E-state index in [4.69, 9.17) is 4.74 Å². The smallest absolute Gasteiger partial charge is 0.200 e. The molecule has 0 aliphatic heterocycles. The van der Waals surface area contributed by atoms with Crippen molar-refractivity contribution in [2.24, 2.45) is 23.7 Å². The molecule has 1 nitrogen and oxygen atoms in total. The summed E-state index contributed by atoms with van der Waals surface area (Å²) in [5, 5.41) is 0. The number of benzene rings is 1. The normalized spacial score (nSPS) is 32.4. The molecule has 1 aromatic rings. The van der Waals surface area contributed by atoms with Crippen molar-refractivity contribution < 1.29 is 13.5 Å². The van der Waals surface area contributed by atoms with Crippen molar-refractivity contribution in [3.8, 4) is 5.75 Å². The molecular weight excluding hydrogens is 330 g/mol. The first-order valence-electron chi connectivity index (χ1n) is 10.8. The van der Waals surface area contributed by atoms with Crippen molar-refractivity contribution >= 4 is 0 Å². The summed E-state index contributed by atoms with van der Waals surface area (Å²) in [4.78, 5) is 0. The van der Waals surface area contributed by atoms with Crippen LogP contribution in [0.3, 0.4) is 0 Å². The molecule has 0 unspecified atom stereocenters. The fourth-order valence-corrected chi connectivity index (χ4v) is 5.69. The Morgan fingerprint density at radius 1 is 0.731 bits per heavy atom. The van der Waals surface area contributed by atoms with E-state index >= 15 is 0 Å². The number of hydrogen-bond acceptors (Lipinski definition) is 1. The van der Waals surface area contributed by atoms with Crippen molar-refractivity contribution in [3.63, 3.8) is 0 Å². The molecule has 3 saturated carbocycles. The van der Waals surface area contributed by atoms with Gasteiger partial charge in [-0.05, 0) is 112 Å². The molecule has 3 fully saturated rings. The Hall–Kier alpha value is -1.12. The minimum atomic E-state index is -0.815. The van der Waals surface area contributed by atoms with Crippen molar-refractivity contribution in [3.05, 3.63) is 29.3 Å². The van der Waals surface area contributed by atoms with Crippen LogP contribution in [0.1, 0.15) is 82.6 Å². The molecule has 0 spiro atoms. The molecule has 0 heterocycles. The highest BCUT2D eigenvalue weighted by Gasteiger charge is 2.37. The average Bonchev–Trinajstić information content (AvgIpc) is 3.52. The van der Waals surface area contributed by atoms with Gasteiger partial charge in [0.25, 0.3) is 0 Å². The third-order valence-electron chi connectivity index (χ3n) is 7.36. The molecule has 0 atom stereocenters. The molecule has 144 valence electrons. The third-order valence-corrected chi connectivity index (χ3v) is 7.36. The van der Waals surface area contributed by atoms with Crippen molar-refractivity contribution in [1.82, 2.24) is 0 Å². The highest BCUT2D eigenvalue weighted by Crippen LogP contribution is 2.49. The number of ether oxygens (including phenoxy) is 1. The lowest BCUT2D eigenvalue weighted by molar-refractivity contribution is 0.152. The van der Waals surface area contributed by atoms with Gasteiger partial charge in [0.15, 0.2) is 11.6 Å². The predicted octanol–water partition coefficient (Wildman–Crippen LogP) is 6.85. The van der Waals surface area contributed by atoms with Crippen molar-refractivity contribution in [2.45, 2.75) is 77.0 Å². The predicted molar refractivity (Wildman–Crippen MR) is 100 cm³/mol. The summed E-state index contributed by atoms with van der Waals surface area (Å²) in [6.07, 6.45) is 13.0. The fourth-order valence-electron chi connectivity index (χ4n) is 5.69. The van der Waals surface area contributed by atoms with Crippen LogP contribution in [0.5, 0.6) is 5.75 Å². The minimum absolute atomic E-state index is 0.0369. The zero-order valence-electron chi connectivity index (χ0n) is 16.0. The summed E-state index contributed by atoms with van der Waals surface area (Å²) < 4.78 is 33.8. The lowest BCUT2D eigenvalue weighted by Crippen LogP contribution is -2.26. The van der Waals surface area contributed by atoms with Crippen LogP contribution in [0, 0.1) is 35.3 Å². The van der Waals surface area contributed by atoms with Gasteiger partial charge in [0.05, 0.1) is 6.61 Å². The SMILES string of the molecule is CCOc1ccc(C2CCC(C3CCC(C4CC4)CC3)CC2)c(F)c1F. The van der Waals surface area contributed by atoms with E-state index in [1.807, 2.05) is 0 Å². The third kappa shape index (κ3) is 3.77. The fraction of sp³-hybridized carbons (Fsp3) is 0.739. The summed E-state index contributed by atoms with van der Waals surface area (Å²) in [6, 6.07) is 3.34. The summed E-state index contributed by atoms with van der Waals surface area (Å²) in [5.74, 6) is 2.46. The lowest BCUT2D eigenvalue weighted by atomic mass is 9.68. The quantitative estimate of drug-likeness (QED) is 0.556. The number of halogens is 2. The maximum atomic E-state index is 14.5. The summed E-state index contributed by atoms with van der Waals surface area (Å²) in [5.41, 5.74) is 0.557. The van der Waals surface area contributed by atoms with Gasteiger partial charge in [0.2, 0.25) is 5.82 Å². The monoisotopic (exact) mass is 362 g/mol. The molecule has 0 amide bonds. The standard InChI is InChI=1S/C23H32F2O/c1-2-26-21-14-13-20(22(24)23(21)25)19-11-9-18(10-12-19)17-7-5-16(6-8-17)15-3-4-15/h13-19H,2-12H2,1H3. The van der Waals surface area contributed by atoms with Gasteiger partial charge in [-0.1, -0.05) is 6.07 Å². The molecule has 0 bridgehead atoms. The molecule has 0 aromatic heterocycles. The number of rotatable bonds is 5. The molecule has 3 heteroatoms. The van der Waals surface area contributed by atoms with Crippen molar-refractivity contribution in [2.75, 3.05) is 6.61 Å². The van der Waals surface area contributed by atoms with Crippen LogP contribution in [0.15, 0.2) is 12.1 Å². The van der Waals surface area contributed by atoms with E-state index in [2.05, 4.69) is 0 Å². The Labute approximate surface area is 156 Å². The van der Waals surface area contributed by atoms with Crippen LogP contribution in [-0.4, -0.2) is 6.61 Å². The molecule has 3 aliphatic carbocycles. The first kappa shape index (κ1) is 18.3. The van der Waals surface area contributed by atoms with Crippen LogP contribution in [0.25, 0.3) is 0 Å². The highest BCUT2D eigenvalue weighted by molar-refractivity contribution is 5.33. The summed E-state index contributed by atoms with van der Waals surface area (Å²) in [7, 11) is 0. The highest BCUT2D eigenvalue weighted by atomic mass is 19.2. The Morgan fingerprint density at radius 2 is 1.19 bits per heavy atom. The van der Waals surface area contributed by atoms with Gasteiger partial charge in [-0.15, -0.1) is 0 Å². The topological polar surface area (TPSA) is 9.23 Å². The van der Waals surface area contributed by atoms with Crippen LogP contribution < -0.4 is 4.74 Å². The Kier molecular flexibility index (Phi) is 5.52. The van der Waals surface area contributed by atoms with E-state index in [1.54, 1.807) is 19.1 Å². The van der Waals surface area contributed by atoms with Gasteiger partial charge < -0.3 is 4.74 Å². The maximum absolute atomic E-state index is 14.5. The van der Waals surface area contributed by atoms with Crippen LogP contribution in [-0.2, 0) is 0 Å². The summed E-state index contributed by atoms with van der Waals surface area (Å²) in [6.45, 7) is 2.13. The van der Waals surface area contributed by atoms with Gasteiger partial charge in [-0.3, -0.25) is 0 Å². The zero-order valence-corrected chi connectivity index (χ0v) is 16.0. The molecule has 4 rings (SSSR count). The molecule has 0 N–H and O–H groups in total. The minimum Gasteiger partial charge on any atom is -0.491 e. The number of hydrogen-bond donors (Lipinski definition) is 0. The van der Waals surface area contributed by atoms with E-state index in [-0.39, 0.29) is 11.7 Å². The second-order valence-electron chi connectivity index (χ2n) is 8.84. The van der Waals surface area contributed by atoms with Crippen LogP contribution in [0.2, 0.25) is 0 Å². The lowest BCUT2D eigenvalue weighted by Gasteiger charge is -2.38. The average molecular weight is 363 g/mol. The van der Waals surface area contributed by atoms with Crippen LogP contribution in [0.4, 0.5) is 8.78 Å². The van der Waals surface area contributed by atoms with Gasteiger partial charge in [-0.2, -0.15) is 4.39 Å². The zero-order chi connectivity index (χ0) is 18.1. The van der Waals surface area contributed by atoms with E-state index in [9.17, 15) is 8.78 Å². The molecule has 0 radical (unpaired) electrons. The summed E-state index contributed by atoms with van der Waals surface area (Å²) >= 11 is 0. The van der Waals surface area contributed by atoms with Crippen LogP contribution >= 0.6 is 0 Å². The molecule has 1 aromatic carbocycles. The Bertz CT molecular complexity index is 609. The Morgan fingerprint density at radius 3 is 1.65 bits per heavy atom. The van der Waals surface area contributed by atoms with Gasteiger partial charge >= 0.3 is 0 Å². The van der Waals surface area contributed by atoms with E-state index < -0.39 is 11.6 Å². The van der Waals surface area contributed by atoms with Gasteiger partial charge in [-0.25, -0.2) is 4.39 Å². The first-order valence-corrected chi connectivity index (χ1v) is 10.8. The largest absolute Gasteiger partial charge is 0.491 e. The molecular formula is C23H32F2O.